The van der Waals surface area contributed by atoms with Crippen LogP contribution in [0.3, 0.4) is 0 Å². The van der Waals surface area contributed by atoms with Crippen molar-refractivity contribution in [3.8, 4) is 11.5 Å². The Morgan fingerprint density at radius 3 is 2.26 bits per heavy atom. The molecule has 3 atom stereocenters. The number of ether oxygens (including phenoxy) is 3. The number of rotatable bonds is 7. The Hall–Kier alpha value is -2.14. The summed E-state index contributed by atoms with van der Waals surface area (Å²) in [5.74, 6) is 1.06. The Morgan fingerprint density at radius 2 is 1.74 bits per heavy atom. The van der Waals surface area contributed by atoms with Crippen LogP contribution in [0.25, 0.3) is 0 Å². The normalized spacial score (nSPS) is 24.7. The van der Waals surface area contributed by atoms with E-state index in [4.69, 9.17) is 14.2 Å². The number of carbonyl (C=O) groups excluding carboxylic acids is 2. The van der Waals surface area contributed by atoms with E-state index in [1.54, 1.807) is 27.2 Å². The summed E-state index contributed by atoms with van der Waals surface area (Å²) in [4.78, 5) is 25.8. The fraction of sp³-hybridized carbons (Fsp3) is 0.615. The Kier molecular flexibility index (Phi) is 6.66. The Labute approximate surface area is 186 Å². The van der Waals surface area contributed by atoms with Crippen LogP contribution in [0, 0.1) is 5.41 Å². The summed E-state index contributed by atoms with van der Waals surface area (Å²) in [7, 11) is 3.19. The lowest BCUT2D eigenvalue weighted by Crippen LogP contribution is -2.39. The van der Waals surface area contributed by atoms with Crippen LogP contribution in [-0.4, -0.2) is 37.5 Å². The van der Waals surface area contributed by atoms with Gasteiger partial charge < -0.3 is 14.2 Å². The predicted molar refractivity (Wildman–Crippen MR) is 121 cm³/mol. The average molecular weight is 429 g/mol. The molecule has 2 aliphatic rings. The molecule has 1 aromatic rings. The van der Waals surface area contributed by atoms with Gasteiger partial charge in [-0.1, -0.05) is 12.5 Å². The molecule has 0 amide bonds. The number of hydrogen-bond acceptors (Lipinski definition) is 5. The number of hydrogen-bond donors (Lipinski definition) is 0. The smallest absolute Gasteiger partial charge is 0.158 e. The van der Waals surface area contributed by atoms with Crippen molar-refractivity contribution in [2.75, 3.05) is 14.2 Å². The molecule has 5 heteroatoms. The third-order valence-electron chi connectivity index (χ3n) is 6.80. The fourth-order valence-electron chi connectivity index (χ4n) is 5.16. The SMILES string of the molecule is COc1cc(OC)cc(C(CC2=C3CC[C@H](OC(C)(C)C)[C@@]3(C)CCC2=O)C(C)=O)c1. The van der Waals surface area contributed by atoms with Gasteiger partial charge in [0.05, 0.1) is 25.9 Å². The number of Topliss-reactive ketones (excluding diaryl/α,β-unsaturated/α-hetero) is 2. The molecule has 3 rings (SSSR count). The Bertz CT molecular complexity index is 869. The molecule has 0 bridgehead atoms. The highest BCUT2D eigenvalue weighted by Gasteiger charge is 2.49. The Balaban J connectivity index is 2.00. The van der Waals surface area contributed by atoms with Crippen LogP contribution in [0.4, 0.5) is 0 Å². The van der Waals surface area contributed by atoms with Gasteiger partial charge in [0.2, 0.25) is 0 Å². The third-order valence-corrected chi connectivity index (χ3v) is 6.80. The van der Waals surface area contributed by atoms with E-state index in [1.165, 1.54) is 5.57 Å². The quantitative estimate of drug-likeness (QED) is 0.581. The molecule has 0 heterocycles. The van der Waals surface area contributed by atoms with Gasteiger partial charge in [0.25, 0.3) is 0 Å². The molecule has 2 aliphatic carbocycles. The molecule has 0 spiro atoms. The summed E-state index contributed by atoms with van der Waals surface area (Å²) in [5, 5.41) is 0. The van der Waals surface area contributed by atoms with Crippen LogP contribution in [-0.2, 0) is 14.3 Å². The molecule has 0 N–H and O–H groups in total. The van der Waals surface area contributed by atoms with E-state index < -0.39 is 5.92 Å². The molecule has 1 saturated carbocycles. The van der Waals surface area contributed by atoms with Crippen molar-refractivity contribution in [3.05, 3.63) is 34.9 Å². The maximum Gasteiger partial charge on any atom is 0.158 e. The lowest BCUT2D eigenvalue weighted by Gasteiger charge is -2.40. The van der Waals surface area contributed by atoms with Gasteiger partial charge in [-0.2, -0.15) is 0 Å². The summed E-state index contributed by atoms with van der Waals surface area (Å²) >= 11 is 0. The van der Waals surface area contributed by atoms with Crippen molar-refractivity contribution in [1.29, 1.82) is 0 Å². The zero-order valence-electron chi connectivity index (χ0n) is 20.0. The molecule has 1 aromatic carbocycles. The molecular weight excluding hydrogens is 392 g/mol. The summed E-state index contributed by atoms with van der Waals surface area (Å²) < 4.78 is 17.2. The van der Waals surface area contributed by atoms with Crippen LogP contribution in [0.15, 0.2) is 29.3 Å². The van der Waals surface area contributed by atoms with Gasteiger partial charge in [0, 0.05) is 23.8 Å². The van der Waals surface area contributed by atoms with Crippen molar-refractivity contribution in [3.63, 3.8) is 0 Å². The summed E-state index contributed by atoms with van der Waals surface area (Å²) in [6.45, 7) is 10.1. The first-order valence-electron chi connectivity index (χ1n) is 11.2. The highest BCUT2D eigenvalue weighted by molar-refractivity contribution is 5.99. The highest BCUT2D eigenvalue weighted by atomic mass is 16.5. The van der Waals surface area contributed by atoms with Crippen molar-refractivity contribution in [2.24, 2.45) is 5.41 Å². The third kappa shape index (κ3) is 4.87. The fourth-order valence-corrected chi connectivity index (χ4v) is 5.16. The van der Waals surface area contributed by atoms with Crippen LogP contribution in [0.1, 0.15) is 78.2 Å². The lowest BCUT2D eigenvalue weighted by molar-refractivity contribution is -0.120. The predicted octanol–water partition coefficient (Wildman–Crippen LogP) is 5.41. The number of ketones is 2. The molecule has 1 unspecified atom stereocenters. The number of benzene rings is 1. The standard InChI is InChI=1S/C26H36O5/c1-16(27)20(17-12-18(29-6)14-19(13-17)30-7)15-21-22-8-9-24(31-25(2,3)4)26(22,5)11-10-23(21)28/h12-14,20,24H,8-11,15H2,1-7H3/t20?,24-,26-/m0/s1. The maximum atomic E-state index is 13.0. The maximum absolute atomic E-state index is 13.0. The number of allylic oxidation sites excluding steroid dienone is 1. The molecule has 0 aromatic heterocycles. The molecule has 0 aliphatic heterocycles. The van der Waals surface area contributed by atoms with Gasteiger partial charge in [0.15, 0.2) is 5.78 Å². The number of methoxy groups -OCH3 is 2. The molecule has 0 radical (unpaired) electrons. The molecule has 170 valence electrons. The second-order valence-corrected chi connectivity index (χ2v) is 10.1. The average Bonchev–Trinajstić information content (AvgIpc) is 3.01. The minimum atomic E-state index is -0.416. The lowest BCUT2D eigenvalue weighted by atomic mass is 9.69. The van der Waals surface area contributed by atoms with E-state index in [1.807, 2.05) is 12.1 Å². The monoisotopic (exact) mass is 428 g/mol. The first kappa shape index (κ1) is 23.5. The van der Waals surface area contributed by atoms with Crippen molar-refractivity contribution in [1.82, 2.24) is 0 Å². The number of carbonyl (C=O) groups is 2. The first-order chi connectivity index (χ1) is 14.5. The van der Waals surface area contributed by atoms with Crippen LogP contribution in [0.2, 0.25) is 0 Å². The first-order valence-corrected chi connectivity index (χ1v) is 11.2. The van der Waals surface area contributed by atoms with E-state index in [2.05, 4.69) is 27.7 Å². The highest BCUT2D eigenvalue weighted by Crippen LogP contribution is 2.54. The molecule has 31 heavy (non-hydrogen) atoms. The van der Waals surface area contributed by atoms with Gasteiger partial charge in [-0.25, -0.2) is 0 Å². The van der Waals surface area contributed by atoms with E-state index >= 15 is 0 Å². The molecule has 0 saturated heterocycles. The van der Waals surface area contributed by atoms with Gasteiger partial charge >= 0.3 is 0 Å². The van der Waals surface area contributed by atoms with Crippen molar-refractivity contribution < 1.29 is 23.8 Å². The summed E-state index contributed by atoms with van der Waals surface area (Å²) in [5.41, 5.74) is 2.46. The minimum absolute atomic E-state index is 0.0315. The van der Waals surface area contributed by atoms with Crippen LogP contribution >= 0.6 is 0 Å². The number of fused-ring (bicyclic) bond motifs is 1. The van der Waals surface area contributed by atoms with Gasteiger partial charge in [-0.3, -0.25) is 9.59 Å². The topological polar surface area (TPSA) is 61.8 Å². The molecule has 5 nitrogen and oxygen atoms in total. The zero-order chi connectivity index (χ0) is 23.0. The van der Waals surface area contributed by atoms with Crippen molar-refractivity contribution in [2.45, 2.75) is 84.3 Å². The largest absolute Gasteiger partial charge is 0.497 e. The Morgan fingerprint density at radius 1 is 1.13 bits per heavy atom. The van der Waals surface area contributed by atoms with Gasteiger partial charge in [0.1, 0.15) is 17.3 Å². The van der Waals surface area contributed by atoms with Gasteiger partial charge in [-0.05, 0) is 76.6 Å². The van der Waals surface area contributed by atoms with E-state index in [-0.39, 0.29) is 28.7 Å². The van der Waals surface area contributed by atoms with E-state index in [0.717, 1.165) is 30.4 Å². The summed E-state index contributed by atoms with van der Waals surface area (Å²) in [6.07, 6.45) is 3.59. The second-order valence-electron chi connectivity index (χ2n) is 10.1. The molecule has 1 fully saturated rings. The summed E-state index contributed by atoms with van der Waals surface area (Å²) in [6, 6.07) is 5.52. The minimum Gasteiger partial charge on any atom is -0.497 e. The van der Waals surface area contributed by atoms with E-state index in [0.29, 0.717) is 24.3 Å². The second kappa shape index (κ2) is 8.78. The van der Waals surface area contributed by atoms with Crippen molar-refractivity contribution >= 4 is 11.6 Å². The zero-order valence-corrected chi connectivity index (χ0v) is 20.0. The van der Waals surface area contributed by atoms with Crippen LogP contribution < -0.4 is 9.47 Å². The van der Waals surface area contributed by atoms with Gasteiger partial charge in [-0.15, -0.1) is 0 Å². The molecular formula is C26H36O5. The van der Waals surface area contributed by atoms with Crippen LogP contribution in [0.5, 0.6) is 11.5 Å². The van der Waals surface area contributed by atoms with E-state index in [9.17, 15) is 9.59 Å².